The van der Waals surface area contributed by atoms with Crippen LogP contribution in [0.25, 0.3) is 0 Å². The Morgan fingerprint density at radius 2 is 1.79 bits per heavy atom. The van der Waals surface area contributed by atoms with Gasteiger partial charge in [0, 0.05) is 53.0 Å². The third-order valence-corrected chi connectivity index (χ3v) is 4.57. The van der Waals surface area contributed by atoms with Gasteiger partial charge < -0.3 is 20.1 Å². The van der Waals surface area contributed by atoms with Crippen LogP contribution in [0.1, 0.15) is 38.3 Å². The van der Waals surface area contributed by atoms with Gasteiger partial charge in [0.15, 0.2) is 5.96 Å². The molecule has 2 unspecified atom stereocenters. The smallest absolute Gasteiger partial charge is 0.191 e. The van der Waals surface area contributed by atoms with Crippen LogP contribution in [0, 0.1) is 0 Å². The summed E-state index contributed by atoms with van der Waals surface area (Å²) in [7, 11) is 1.80. The quantitative estimate of drug-likeness (QED) is 0.235. The van der Waals surface area contributed by atoms with Crippen LogP contribution in [0.15, 0.2) is 29.3 Å². The summed E-state index contributed by atoms with van der Waals surface area (Å²) < 4.78 is 11.2. The van der Waals surface area contributed by atoms with Crippen LogP contribution in [-0.4, -0.2) is 63.0 Å². The Labute approximate surface area is 187 Å². The Bertz CT molecular complexity index is 558. The van der Waals surface area contributed by atoms with Gasteiger partial charge in [0.25, 0.3) is 0 Å². The van der Waals surface area contributed by atoms with Gasteiger partial charge in [-0.2, -0.15) is 0 Å². The van der Waals surface area contributed by atoms with Crippen LogP contribution < -0.4 is 10.6 Å². The lowest BCUT2D eigenvalue weighted by Gasteiger charge is -2.35. The second-order valence-corrected chi connectivity index (χ2v) is 7.17. The Kier molecular flexibility index (Phi) is 12.7. The lowest BCUT2D eigenvalue weighted by atomic mass is 10.1. The molecule has 2 N–H and O–H groups in total. The molecule has 1 aromatic rings. The minimum atomic E-state index is 0. The summed E-state index contributed by atoms with van der Waals surface area (Å²) >= 11 is 0. The van der Waals surface area contributed by atoms with Crippen molar-refractivity contribution in [3.8, 4) is 0 Å². The first-order chi connectivity index (χ1) is 13.1. The highest BCUT2D eigenvalue weighted by molar-refractivity contribution is 14.0. The van der Waals surface area contributed by atoms with Crippen molar-refractivity contribution in [2.24, 2.45) is 4.99 Å². The largest absolute Gasteiger partial charge is 0.382 e. The lowest BCUT2D eigenvalue weighted by molar-refractivity contribution is -0.0704. The topological polar surface area (TPSA) is 58.1 Å². The number of morpholine rings is 1. The van der Waals surface area contributed by atoms with E-state index >= 15 is 0 Å². The number of ether oxygens (including phenoxy) is 2. The highest BCUT2D eigenvalue weighted by Gasteiger charge is 2.21. The molecule has 0 aromatic heterocycles. The van der Waals surface area contributed by atoms with Crippen molar-refractivity contribution in [2.75, 3.05) is 39.9 Å². The Balaban J connectivity index is 0.00000392. The highest BCUT2D eigenvalue weighted by atomic mass is 127. The minimum Gasteiger partial charge on any atom is -0.382 e. The Hall–Kier alpha value is -0.900. The number of nitrogens with zero attached hydrogens (tertiary/aromatic N) is 2. The van der Waals surface area contributed by atoms with Crippen molar-refractivity contribution in [3.63, 3.8) is 0 Å². The first-order valence-electron chi connectivity index (χ1n) is 10.1. The van der Waals surface area contributed by atoms with E-state index in [0.29, 0.717) is 12.2 Å². The molecule has 0 saturated carbocycles. The number of rotatable bonds is 9. The molecule has 0 radical (unpaired) electrons. The molecule has 0 aliphatic carbocycles. The van der Waals surface area contributed by atoms with Crippen molar-refractivity contribution < 1.29 is 9.47 Å². The van der Waals surface area contributed by atoms with Crippen molar-refractivity contribution in [3.05, 3.63) is 35.4 Å². The van der Waals surface area contributed by atoms with Gasteiger partial charge in [0.05, 0.1) is 12.2 Å². The maximum absolute atomic E-state index is 5.81. The van der Waals surface area contributed by atoms with Crippen molar-refractivity contribution in [1.29, 1.82) is 0 Å². The van der Waals surface area contributed by atoms with Crippen LogP contribution >= 0.6 is 24.0 Å². The number of hydrogen-bond donors (Lipinski definition) is 2. The second-order valence-electron chi connectivity index (χ2n) is 7.17. The van der Waals surface area contributed by atoms with Crippen molar-refractivity contribution in [2.45, 2.75) is 52.5 Å². The molecule has 6 nitrogen and oxygen atoms in total. The fourth-order valence-electron chi connectivity index (χ4n) is 3.37. The molecule has 1 fully saturated rings. The number of nitrogens with one attached hydrogen (secondary N) is 2. The molecule has 2 atom stereocenters. The third-order valence-electron chi connectivity index (χ3n) is 4.57. The van der Waals surface area contributed by atoms with E-state index in [1.165, 1.54) is 11.1 Å². The van der Waals surface area contributed by atoms with Crippen molar-refractivity contribution >= 4 is 29.9 Å². The highest BCUT2D eigenvalue weighted by Crippen LogP contribution is 2.14. The van der Waals surface area contributed by atoms with Gasteiger partial charge in [-0.15, -0.1) is 24.0 Å². The number of halogens is 1. The molecule has 28 heavy (non-hydrogen) atoms. The zero-order chi connectivity index (χ0) is 19.5. The van der Waals surface area contributed by atoms with Crippen LogP contribution in [0.5, 0.6) is 0 Å². The number of aliphatic imine (C=N–C) groups is 1. The molecule has 1 aromatic carbocycles. The summed E-state index contributed by atoms with van der Waals surface area (Å²) in [6, 6.07) is 8.83. The first-order valence-corrected chi connectivity index (χ1v) is 10.1. The summed E-state index contributed by atoms with van der Waals surface area (Å²) in [5.41, 5.74) is 2.60. The van der Waals surface area contributed by atoms with Crippen LogP contribution in [0.4, 0.5) is 0 Å². The van der Waals surface area contributed by atoms with Crippen LogP contribution in [-0.2, 0) is 22.6 Å². The molecule has 160 valence electrons. The van der Waals surface area contributed by atoms with Gasteiger partial charge in [0.1, 0.15) is 0 Å². The molecular weight excluding hydrogens is 467 g/mol. The lowest BCUT2D eigenvalue weighted by Crippen LogP contribution is -2.44. The molecule has 2 rings (SSSR count). The zero-order valence-corrected chi connectivity index (χ0v) is 20.1. The van der Waals surface area contributed by atoms with Crippen LogP contribution in [0.2, 0.25) is 0 Å². The summed E-state index contributed by atoms with van der Waals surface area (Å²) in [6.07, 6.45) is 1.59. The summed E-state index contributed by atoms with van der Waals surface area (Å²) in [5.74, 6) is 0.826. The van der Waals surface area contributed by atoms with E-state index in [1.807, 2.05) is 6.92 Å². The average molecular weight is 504 g/mol. The number of benzene rings is 1. The molecule has 1 heterocycles. The predicted molar refractivity (Wildman–Crippen MR) is 126 cm³/mol. The van der Waals surface area contributed by atoms with Gasteiger partial charge in [-0.3, -0.25) is 9.89 Å². The fourth-order valence-corrected chi connectivity index (χ4v) is 3.37. The summed E-state index contributed by atoms with van der Waals surface area (Å²) in [4.78, 5) is 6.74. The van der Waals surface area contributed by atoms with E-state index in [9.17, 15) is 0 Å². The standard InChI is InChI=1S/C21H36N4O2.HI/c1-5-26-12-6-11-23-21(22-4)24-13-19-7-9-20(10-8-19)16-25-14-17(2)27-18(3)15-25;/h7-10,17-18H,5-6,11-16H2,1-4H3,(H2,22,23,24);1H. The monoisotopic (exact) mass is 504 g/mol. The third kappa shape index (κ3) is 9.54. The number of guanidine groups is 1. The SMILES string of the molecule is CCOCCCNC(=NC)NCc1ccc(CN2CC(C)OC(C)C2)cc1.I. The van der Waals surface area contributed by atoms with Crippen molar-refractivity contribution in [1.82, 2.24) is 15.5 Å². The Morgan fingerprint density at radius 1 is 1.14 bits per heavy atom. The minimum absolute atomic E-state index is 0. The van der Waals surface area contributed by atoms with E-state index in [0.717, 1.165) is 58.3 Å². The molecule has 1 saturated heterocycles. The summed E-state index contributed by atoms with van der Waals surface area (Å²) in [6.45, 7) is 12.5. The molecule has 0 bridgehead atoms. The van der Waals surface area contributed by atoms with E-state index in [1.54, 1.807) is 7.05 Å². The second kappa shape index (κ2) is 14.1. The van der Waals surface area contributed by atoms with Gasteiger partial charge in [-0.25, -0.2) is 0 Å². The molecule has 1 aliphatic heterocycles. The fraction of sp³-hybridized carbons (Fsp3) is 0.667. The molecular formula is C21H37IN4O2. The molecule has 7 heteroatoms. The predicted octanol–water partition coefficient (Wildman–Crippen LogP) is 3.01. The maximum atomic E-state index is 5.81. The van der Waals surface area contributed by atoms with Gasteiger partial charge in [-0.05, 0) is 38.3 Å². The number of hydrogen-bond acceptors (Lipinski definition) is 4. The van der Waals surface area contributed by atoms with Gasteiger partial charge in [0.2, 0.25) is 0 Å². The van der Waals surface area contributed by atoms with Gasteiger partial charge >= 0.3 is 0 Å². The maximum Gasteiger partial charge on any atom is 0.191 e. The van der Waals surface area contributed by atoms with E-state index in [-0.39, 0.29) is 24.0 Å². The normalized spacial score (nSPS) is 20.5. The zero-order valence-electron chi connectivity index (χ0n) is 17.7. The molecule has 1 aliphatic rings. The van der Waals surface area contributed by atoms with E-state index < -0.39 is 0 Å². The molecule has 0 amide bonds. The Morgan fingerprint density at radius 3 is 2.39 bits per heavy atom. The van der Waals surface area contributed by atoms with E-state index in [2.05, 4.69) is 58.6 Å². The van der Waals surface area contributed by atoms with Crippen LogP contribution in [0.3, 0.4) is 0 Å². The average Bonchev–Trinajstić information content (AvgIpc) is 2.64. The van der Waals surface area contributed by atoms with E-state index in [4.69, 9.17) is 9.47 Å². The summed E-state index contributed by atoms with van der Waals surface area (Å²) in [5, 5.41) is 6.67. The van der Waals surface area contributed by atoms with Gasteiger partial charge in [-0.1, -0.05) is 24.3 Å². The molecule has 0 spiro atoms. The first kappa shape index (κ1) is 25.1.